The maximum absolute atomic E-state index is 3.61. The summed E-state index contributed by atoms with van der Waals surface area (Å²) in [5, 5.41) is 3.61. The molecule has 0 saturated carbocycles. The molecule has 0 spiro atoms. The second-order valence-corrected chi connectivity index (χ2v) is 4.76. The Kier molecular flexibility index (Phi) is 6.63. The zero-order chi connectivity index (χ0) is 13.4. The van der Waals surface area contributed by atoms with Crippen molar-refractivity contribution < 1.29 is 0 Å². The van der Waals surface area contributed by atoms with Crippen molar-refractivity contribution in [2.75, 3.05) is 23.3 Å². The van der Waals surface area contributed by atoms with Crippen molar-refractivity contribution in [2.24, 2.45) is 0 Å². The molecular weight excluding hydrogens is 220 g/mol. The van der Waals surface area contributed by atoms with Crippen LogP contribution in [-0.4, -0.2) is 19.1 Å². The lowest BCUT2D eigenvalue weighted by molar-refractivity contribution is 0.623. The molecule has 1 aromatic carbocycles. The number of benzene rings is 1. The van der Waals surface area contributed by atoms with Crippen LogP contribution in [0.15, 0.2) is 24.3 Å². The molecule has 0 bridgehead atoms. The van der Waals surface area contributed by atoms with E-state index in [4.69, 9.17) is 0 Å². The van der Waals surface area contributed by atoms with E-state index in [-0.39, 0.29) is 0 Å². The van der Waals surface area contributed by atoms with Gasteiger partial charge in [0.1, 0.15) is 0 Å². The largest absolute Gasteiger partial charge is 0.382 e. The van der Waals surface area contributed by atoms with Gasteiger partial charge in [0.15, 0.2) is 0 Å². The average molecular weight is 248 g/mol. The lowest BCUT2D eigenvalue weighted by Gasteiger charge is -2.22. The maximum Gasteiger partial charge on any atom is 0.0367 e. The molecule has 0 aliphatic heterocycles. The summed E-state index contributed by atoms with van der Waals surface area (Å²) in [4.78, 5) is 2.37. The third kappa shape index (κ3) is 4.25. The molecule has 0 heterocycles. The lowest BCUT2D eigenvalue weighted by Crippen LogP contribution is -2.22. The van der Waals surface area contributed by atoms with E-state index in [0.717, 1.165) is 13.1 Å². The molecule has 0 aliphatic carbocycles. The second kappa shape index (κ2) is 8.02. The highest BCUT2D eigenvalue weighted by atomic mass is 15.1. The minimum atomic E-state index is 0.606. The van der Waals surface area contributed by atoms with Gasteiger partial charge in [-0.15, -0.1) is 0 Å². The predicted molar refractivity (Wildman–Crippen MR) is 82.6 cm³/mol. The van der Waals surface area contributed by atoms with Gasteiger partial charge in [0, 0.05) is 30.5 Å². The molecule has 0 radical (unpaired) electrons. The normalized spacial score (nSPS) is 12.2. The summed E-state index contributed by atoms with van der Waals surface area (Å²) in [7, 11) is 0. The first-order chi connectivity index (χ1) is 8.74. The molecule has 1 atom stereocenters. The van der Waals surface area contributed by atoms with Crippen LogP contribution in [0.4, 0.5) is 11.4 Å². The molecule has 2 nitrogen and oxygen atoms in total. The zero-order valence-electron chi connectivity index (χ0n) is 12.4. The predicted octanol–water partition coefficient (Wildman–Crippen LogP) is 4.52. The molecule has 0 saturated heterocycles. The Morgan fingerprint density at radius 1 is 1.00 bits per heavy atom. The van der Waals surface area contributed by atoms with E-state index in [9.17, 15) is 0 Å². The minimum absolute atomic E-state index is 0.606. The first-order valence-corrected chi connectivity index (χ1v) is 7.36. The number of hydrogen-bond acceptors (Lipinski definition) is 2. The van der Waals surface area contributed by atoms with Crippen LogP contribution in [0.3, 0.4) is 0 Å². The van der Waals surface area contributed by atoms with Crippen LogP contribution in [-0.2, 0) is 0 Å². The van der Waals surface area contributed by atoms with Crippen molar-refractivity contribution in [3.05, 3.63) is 24.3 Å². The van der Waals surface area contributed by atoms with Crippen LogP contribution >= 0.6 is 0 Å². The highest BCUT2D eigenvalue weighted by Crippen LogP contribution is 2.19. The summed E-state index contributed by atoms with van der Waals surface area (Å²) < 4.78 is 0. The zero-order valence-corrected chi connectivity index (χ0v) is 12.4. The summed E-state index contributed by atoms with van der Waals surface area (Å²) in [5.41, 5.74) is 2.56. The van der Waals surface area contributed by atoms with E-state index < -0.39 is 0 Å². The molecule has 0 aliphatic rings. The fourth-order valence-electron chi connectivity index (χ4n) is 2.32. The number of anilines is 2. The van der Waals surface area contributed by atoms with Gasteiger partial charge < -0.3 is 10.2 Å². The molecule has 2 heteroatoms. The van der Waals surface area contributed by atoms with E-state index in [1.165, 1.54) is 30.6 Å². The first-order valence-electron chi connectivity index (χ1n) is 7.36. The first kappa shape index (κ1) is 14.9. The van der Waals surface area contributed by atoms with Crippen molar-refractivity contribution >= 4 is 11.4 Å². The van der Waals surface area contributed by atoms with Gasteiger partial charge in [-0.3, -0.25) is 0 Å². The smallest absolute Gasteiger partial charge is 0.0367 e. The highest BCUT2D eigenvalue weighted by molar-refractivity contribution is 5.55. The van der Waals surface area contributed by atoms with Crippen LogP contribution in [0.25, 0.3) is 0 Å². The van der Waals surface area contributed by atoms with Gasteiger partial charge in [0.25, 0.3) is 0 Å². The molecule has 0 fully saturated rings. The summed E-state index contributed by atoms with van der Waals surface area (Å²) in [6, 6.07) is 9.44. The molecule has 1 aromatic rings. The van der Waals surface area contributed by atoms with E-state index in [1.807, 2.05) is 0 Å². The summed E-state index contributed by atoms with van der Waals surface area (Å²) in [6.07, 6.45) is 3.67. The molecule has 102 valence electrons. The topological polar surface area (TPSA) is 15.3 Å². The molecule has 1 N–H and O–H groups in total. The Bertz CT molecular complexity index is 314. The molecule has 18 heavy (non-hydrogen) atoms. The van der Waals surface area contributed by atoms with Crippen LogP contribution in [0.5, 0.6) is 0 Å². The standard InChI is InChI=1S/C16H28N2/c1-5-9-14(6-2)17-15-10-12-16(13-11-15)18(7-3)8-4/h10-14,17H,5-9H2,1-4H3. The van der Waals surface area contributed by atoms with Crippen LogP contribution in [0, 0.1) is 0 Å². The van der Waals surface area contributed by atoms with Crippen molar-refractivity contribution in [3.8, 4) is 0 Å². The van der Waals surface area contributed by atoms with Gasteiger partial charge in [-0.25, -0.2) is 0 Å². The Morgan fingerprint density at radius 2 is 1.61 bits per heavy atom. The fraction of sp³-hybridized carbons (Fsp3) is 0.625. The summed E-state index contributed by atoms with van der Waals surface area (Å²) in [6.45, 7) is 11.0. The van der Waals surface area contributed by atoms with Gasteiger partial charge in [-0.2, -0.15) is 0 Å². The highest BCUT2D eigenvalue weighted by Gasteiger charge is 2.05. The fourth-order valence-corrected chi connectivity index (χ4v) is 2.32. The number of nitrogens with one attached hydrogen (secondary N) is 1. The molecular formula is C16H28N2. The van der Waals surface area contributed by atoms with Crippen molar-refractivity contribution in [1.82, 2.24) is 0 Å². The second-order valence-electron chi connectivity index (χ2n) is 4.76. The Hall–Kier alpha value is -1.18. The molecule has 0 amide bonds. The number of nitrogens with zero attached hydrogens (tertiary/aromatic N) is 1. The van der Waals surface area contributed by atoms with Gasteiger partial charge in [0.2, 0.25) is 0 Å². The Balaban J connectivity index is 2.64. The maximum atomic E-state index is 3.61. The minimum Gasteiger partial charge on any atom is -0.382 e. The van der Waals surface area contributed by atoms with Crippen LogP contribution < -0.4 is 10.2 Å². The third-order valence-corrected chi connectivity index (χ3v) is 3.50. The van der Waals surface area contributed by atoms with Gasteiger partial charge in [-0.1, -0.05) is 20.3 Å². The van der Waals surface area contributed by atoms with Crippen LogP contribution in [0.2, 0.25) is 0 Å². The molecule has 0 aromatic heterocycles. The van der Waals surface area contributed by atoms with Gasteiger partial charge >= 0.3 is 0 Å². The monoisotopic (exact) mass is 248 g/mol. The van der Waals surface area contributed by atoms with Crippen molar-refractivity contribution in [3.63, 3.8) is 0 Å². The molecule has 1 rings (SSSR count). The van der Waals surface area contributed by atoms with Gasteiger partial charge in [-0.05, 0) is 51.0 Å². The van der Waals surface area contributed by atoms with E-state index >= 15 is 0 Å². The van der Waals surface area contributed by atoms with Crippen molar-refractivity contribution in [2.45, 2.75) is 53.0 Å². The molecule has 1 unspecified atom stereocenters. The number of rotatable bonds is 8. The lowest BCUT2D eigenvalue weighted by atomic mass is 10.1. The third-order valence-electron chi connectivity index (χ3n) is 3.50. The quantitative estimate of drug-likeness (QED) is 0.727. The average Bonchev–Trinajstić information content (AvgIpc) is 2.41. The summed E-state index contributed by atoms with van der Waals surface area (Å²) in [5.74, 6) is 0. The van der Waals surface area contributed by atoms with E-state index in [1.54, 1.807) is 0 Å². The Labute approximate surface area is 112 Å². The summed E-state index contributed by atoms with van der Waals surface area (Å²) >= 11 is 0. The van der Waals surface area contributed by atoms with E-state index in [2.05, 4.69) is 62.2 Å². The SMILES string of the molecule is CCCC(CC)Nc1ccc(N(CC)CC)cc1. The number of hydrogen-bond donors (Lipinski definition) is 1. The Morgan fingerprint density at radius 3 is 2.06 bits per heavy atom. The van der Waals surface area contributed by atoms with E-state index in [0.29, 0.717) is 6.04 Å². The van der Waals surface area contributed by atoms with Crippen LogP contribution in [0.1, 0.15) is 47.0 Å². The van der Waals surface area contributed by atoms with Gasteiger partial charge in [0.05, 0.1) is 0 Å². The van der Waals surface area contributed by atoms with Crippen molar-refractivity contribution in [1.29, 1.82) is 0 Å².